The van der Waals surface area contributed by atoms with Crippen LogP contribution in [0.25, 0.3) is 22.4 Å². The van der Waals surface area contributed by atoms with E-state index in [-0.39, 0.29) is 5.82 Å². The number of H-pyrrole nitrogens is 1. The molecule has 1 aliphatic rings. The number of nitrogens with zero attached hydrogens (tertiary/aromatic N) is 3. The molecule has 0 atom stereocenters. The van der Waals surface area contributed by atoms with Crippen molar-refractivity contribution < 1.29 is 4.39 Å². The fraction of sp³-hybridized carbons (Fsp3) is 0.300. The van der Waals surface area contributed by atoms with E-state index in [0.717, 1.165) is 54.1 Å². The molecule has 0 amide bonds. The molecular weight excluding hydrogens is 329 g/mol. The lowest BCUT2D eigenvalue weighted by Crippen LogP contribution is -2.36. The summed E-state index contributed by atoms with van der Waals surface area (Å²) >= 11 is 0. The van der Waals surface area contributed by atoms with Crippen molar-refractivity contribution in [1.29, 1.82) is 0 Å². The molecule has 1 aromatic carbocycles. The number of anilines is 1. The molecule has 5 nitrogen and oxygen atoms in total. The summed E-state index contributed by atoms with van der Waals surface area (Å²) in [5.41, 5.74) is 3.82. The number of likely N-dealkylation sites (tertiary alicyclic amines) is 1. The molecule has 1 saturated heterocycles. The Bertz CT molecular complexity index is 852. The van der Waals surface area contributed by atoms with E-state index < -0.39 is 0 Å². The van der Waals surface area contributed by atoms with Gasteiger partial charge in [0, 0.05) is 24.0 Å². The Morgan fingerprint density at radius 3 is 2.42 bits per heavy atom. The van der Waals surface area contributed by atoms with Crippen LogP contribution in [0.5, 0.6) is 0 Å². The number of halogens is 1. The van der Waals surface area contributed by atoms with Gasteiger partial charge in [-0.25, -0.2) is 4.39 Å². The van der Waals surface area contributed by atoms with Crippen LogP contribution >= 0.6 is 0 Å². The normalized spacial score (nSPS) is 15.9. The number of hydrogen-bond acceptors (Lipinski definition) is 4. The van der Waals surface area contributed by atoms with E-state index in [1.54, 1.807) is 24.5 Å². The van der Waals surface area contributed by atoms with E-state index in [1.807, 2.05) is 12.1 Å². The van der Waals surface area contributed by atoms with Gasteiger partial charge in [-0.3, -0.25) is 10.1 Å². The van der Waals surface area contributed by atoms with Crippen molar-refractivity contribution in [2.45, 2.75) is 18.9 Å². The summed E-state index contributed by atoms with van der Waals surface area (Å²) in [6.07, 6.45) is 5.72. The first-order chi connectivity index (χ1) is 12.7. The Balaban J connectivity index is 1.71. The lowest BCUT2D eigenvalue weighted by Gasteiger charge is -2.29. The van der Waals surface area contributed by atoms with E-state index in [9.17, 15) is 4.39 Å². The Hall–Kier alpha value is -2.73. The predicted molar refractivity (Wildman–Crippen MR) is 101 cm³/mol. The van der Waals surface area contributed by atoms with Crippen LogP contribution in [0.15, 0.2) is 48.8 Å². The molecule has 1 fully saturated rings. The third-order valence-electron chi connectivity index (χ3n) is 4.93. The summed E-state index contributed by atoms with van der Waals surface area (Å²) in [6.45, 7) is 2.16. The highest BCUT2D eigenvalue weighted by molar-refractivity contribution is 5.88. The van der Waals surface area contributed by atoms with Crippen LogP contribution in [-0.4, -0.2) is 46.3 Å². The van der Waals surface area contributed by atoms with Gasteiger partial charge in [-0.15, -0.1) is 0 Å². The monoisotopic (exact) mass is 351 g/mol. The Labute approximate surface area is 152 Å². The zero-order valence-electron chi connectivity index (χ0n) is 14.7. The van der Waals surface area contributed by atoms with Crippen molar-refractivity contribution in [2.75, 3.05) is 25.5 Å². The topological polar surface area (TPSA) is 56.8 Å². The van der Waals surface area contributed by atoms with E-state index in [2.05, 4.69) is 32.4 Å². The highest BCUT2D eigenvalue weighted by Gasteiger charge is 2.22. The van der Waals surface area contributed by atoms with Gasteiger partial charge < -0.3 is 10.2 Å². The number of nitrogens with one attached hydrogen (secondary N) is 2. The summed E-state index contributed by atoms with van der Waals surface area (Å²) in [4.78, 5) is 6.46. The van der Waals surface area contributed by atoms with E-state index >= 15 is 0 Å². The van der Waals surface area contributed by atoms with Gasteiger partial charge in [-0.1, -0.05) is 0 Å². The van der Waals surface area contributed by atoms with Gasteiger partial charge in [-0.2, -0.15) is 5.10 Å². The van der Waals surface area contributed by atoms with Crippen LogP contribution in [0.4, 0.5) is 10.2 Å². The van der Waals surface area contributed by atoms with Crippen molar-refractivity contribution >= 4 is 5.82 Å². The van der Waals surface area contributed by atoms with Crippen molar-refractivity contribution in [2.24, 2.45) is 0 Å². The molecule has 0 aliphatic carbocycles. The molecule has 26 heavy (non-hydrogen) atoms. The first-order valence-corrected chi connectivity index (χ1v) is 8.90. The Morgan fingerprint density at radius 1 is 1.04 bits per heavy atom. The minimum atomic E-state index is -0.247. The van der Waals surface area contributed by atoms with Gasteiger partial charge >= 0.3 is 0 Å². The summed E-state index contributed by atoms with van der Waals surface area (Å²) in [6, 6.07) is 10.8. The Kier molecular flexibility index (Phi) is 4.67. The number of aromatic nitrogens is 3. The van der Waals surface area contributed by atoms with Crippen LogP contribution in [0.2, 0.25) is 0 Å². The van der Waals surface area contributed by atoms with Gasteiger partial charge in [-0.05, 0) is 74.9 Å². The summed E-state index contributed by atoms with van der Waals surface area (Å²) in [5, 5.41) is 11.3. The maximum absolute atomic E-state index is 13.3. The minimum absolute atomic E-state index is 0.247. The first kappa shape index (κ1) is 16.7. The zero-order chi connectivity index (χ0) is 17.9. The highest BCUT2D eigenvalue weighted by atomic mass is 19.1. The molecule has 4 rings (SSSR count). The van der Waals surface area contributed by atoms with Crippen LogP contribution < -0.4 is 5.32 Å². The van der Waals surface area contributed by atoms with Gasteiger partial charge in [0.2, 0.25) is 0 Å². The molecule has 2 aromatic heterocycles. The number of rotatable bonds is 4. The fourth-order valence-corrected chi connectivity index (χ4v) is 3.42. The highest BCUT2D eigenvalue weighted by Crippen LogP contribution is 2.36. The number of piperidine rings is 1. The molecular formula is C20H22FN5. The van der Waals surface area contributed by atoms with Gasteiger partial charge in [0.15, 0.2) is 5.82 Å². The quantitative estimate of drug-likeness (QED) is 0.751. The second kappa shape index (κ2) is 7.25. The maximum atomic E-state index is 13.3. The molecule has 134 valence electrons. The zero-order valence-corrected chi connectivity index (χ0v) is 14.7. The summed E-state index contributed by atoms with van der Waals surface area (Å²) in [5.74, 6) is 0.591. The molecule has 1 aliphatic heterocycles. The fourth-order valence-electron chi connectivity index (χ4n) is 3.42. The third kappa shape index (κ3) is 3.46. The lowest BCUT2D eigenvalue weighted by atomic mass is 10.0. The second-order valence-corrected chi connectivity index (χ2v) is 6.79. The molecule has 6 heteroatoms. The maximum Gasteiger partial charge on any atom is 0.156 e. The second-order valence-electron chi connectivity index (χ2n) is 6.79. The molecule has 0 saturated carbocycles. The van der Waals surface area contributed by atoms with E-state index in [0.29, 0.717) is 6.04 Å². The number of aromatic amines is 1. The predicted octanol–water partition coefficient (Wildman–Crippen LogP) is 3.78. The van der Waals surface area contributed by atoms with Gasteiger partial charge in [0.1, 0.15) is 5.82 Å². The molecule has 0 bridgehead atoms. The molecule has 0 unspecified atom stereocenters. The number of pyridine rings is 1. The van der Waals surface area contributed by atoms with Crippen molar-refractivity contribution in [3.8, 4) is 22.4 Å². The Morgan fingerprint density at radius 2 is 1.73 bits per heavy atom. The van der Waals surface area contributed by atoms with Crippen molar-refractivity contribution in [3.05, 3.63) is 54.6 Å². The van der Waals surface area contributed by atoms with Crippen molar-refractivity contribution in [1.82, 2.24) is 20.1 Å². The van der Waals surface area contributed by atoms with Crippen LogP contribution in [0.3, 0.4) is 0 Å². The van der Waals surface area contributed by atoms with Gasteiger partial charge in [0.25, 0.3) is 0 Å². The first-order valence-electron chi connectivity index (χ1n) is 8.90. The molecule has 0 spiro atoms. The van der Waals surface area contributed by atoms with Crippen LogP contribution in [0.1, 0.15) is 12.8 Å². The molecule has 3 aromatic rings. The number of benzene rings is 1. The van der Waals surface area contributed by atoms with Crippen LogP contribution in [-0.2, 0) is 0 Å². The van der Waals surface area contributed by atoms with E-state index in [1.165, 1.54) is 12.1 Å². The summed E-state index contributed by atoms with van der Waals surface area (Å²) in [7, 11) is 2.15. The van der Waals surface area contributed by atoms with E-state index in [4.69, 9.17) is 0 Å². The van der Waals surface area contributed by atoms with Gasteiger partial charge in [0.05, 0.1) is 11.3 Å². The average Bonchev–Trinajstić information content (AvgIpc) is 3.08. The average molecular weight is 351 g/mol. The summed E-state index contributed by atoms with van der Waals surface area (Å²) < 4.78 is 13.3. The largest absolute Gasteiger partial charge is 0.365 e. The van der Waals surface area contributed by atoms with Crippen molar-refractivity contribution in [3.63, 3.8) is 0 Å². The molecule has 0 radical (unpaired) electrons. The molecule has 3 heterocycles. The standard InChI is InChI=1S/C20H22FN5/c1-26-12-8-17(9-13-26)23-20-18(14-6-10-22-11-7-14)19(24-25-20)15-2-4-16(21)5-3-15/h2-7,10-11,17H,8-9,12-13H2,1H3,(H2,23,24,25). The lowest BCUT2D eigenvalue weighted by molar-refractivity contribution is 0.263. The number of hydrogen-bond donors (Lipinski definition) is 2. The smallest absolute Gasteiger partial charge is 0.156 e. The third-order valence-corrected chi connectivity index (χ3v) is 4.93. The molecule has 2 N–H and O–H groups in total. The SMILES string of the molecule is CN1CCC(Nc2n[nH]c(-c3ccc(F)cc3)c2-c2ccncc2)CC1. The minimum Gasteiger partial charge on any atom is -0.365 e. The van der Waals surface area contributed by atoms with Crippen LogP contribution in [0, 0.1) is 5.82 Å².